The molecule has 2 nitrogen and oxygen atoms in total. The molecule has 18 heavy (non-hydrogen) atoms. The molecule has 2 atom stereocenters. The topological polar surface area (TPSA) is 21.3 Å². The summed E-state index contributed by atoms with van der Waals surface area (Å²) in [5.74, 6) is 2.43. The van der Waals surface area contributed by atoms with Gasteiger partial charge in [0.05, 0.1) is 7.11 Å². The lowest BCUT2D eigenvalue weighted by atomic mass is 9.98. The van der Waals surface area contributed by atoms with Crippen molar-refractivity contribution in [1.29, 1.82) is 0 Å². The van der Waals surface area contributed by atoms with E-state index in [-0.39, 0.29) is 0 Å². The van der Waals surface area contributed by atoms with Gasteiger partial charge in [0, 0.05) is 12.1 Å². The molecule has 2 rings (SSSR count). The molecule has 100 valence electrons. The van der Waals surface area contributed by atoms with E-state index in [4.69, 9.17) is 4.74 Å². The summed E-state index contributed by atoms with van der Waals surface area (Å²) in [6.07, 6.45) is 2.71. The van der Waals surface area contributed by atoms with Crippen molar-refractivity contribution < 1.29 is 4.74 Å². The van der Waals surface area contributed by atoms with Crippen molar-refractivity contribution in [1.82, 2.24) is 5.32 Å². The maximum absolute atomic E-state index is 5.22. The predicted molar refractivity (Wildman–Crippen MR) is 75.9 cm³/mol. The van der Waals surface area contributed by atoms with Crippen LogP contribution in [0, 0.1) is 11.8 Å². The van der Waals surface area contributed by atoms with Crippen molar-refractivity contribution in [3.8, 4) is 5.75 Å². The van der Waals surface area contributed by atoms with Crippen molar-refractivity contribution >= 4 is 0 Å². The molecule has 0 spiro atoms. The van der Waals surface area contributed by atoms with Crippen LogP contribution in [0.3, 0.4) is 0 Å². The summed E-state index contributed by atoms with van der Waals surface area (Å²) in [7, 11) is 1.71. The van der Waals surface area contributed by atoms with Crippen LogP contribution in [0.2, 0.25) is 0 Å². The van der Waals surface area contributed by atoms with E-state index in [9.17, 15) is 0 Å². The predicted octanol–water partition coefficient (Wildman–Crippen LogP) is 3.78. The van der Waals surface area contributed by atoms with Crippen molar-refractivity contribution in [3.63, 3.8) is 0 Å². The summed E-state index contributed by atoms with van der Waals surface area (Å²) in [5, 5.41) is 3.79. The van der Waals surface area contributed by atoms with Crippen LogP contribution in [0.1, 0.15) is 45.2 Å². The highest BCUT2D eigenvalue weighted by atomic mass is 16.5. The molecule has 0 amide bonds. The van der Waals surface area contributed by atoms with Crippen LogP contribution in [0.25, 0.3) is 0 Å². The quantitative estimate of drug-likeness (QED) is 0.826. The van der Waals surface area contributed by atoms with Crippen LogP contribution in [-0.2, 0) is 0 Å². The zero-order valence-corrected chi connectivity index (χ0v) is 11.9. The molecule has 2 heteroatoms. The van der Waals surface area contributed by atoms with Gasteiger partial charge in [-0.1, -0.05) is 26.0 Å². The first-order valence-corrected chi connectivity index (χ1v) is 7.01. The Bertz CT molecular complexity index is 367. The third-order valence-electron chi connectivity index (χ3n) is 4.01. The Kier molecular flexibility index (Phi) is 4.28. The molecule has 1 aromatic rings. The molecule has 0 aliphatic heterocycles. The second-order valence-corrected chi connectivity index (χ2v) is 5.79. The van der Waals surface area contributed by atoms with Gasteiger partial charge < -0.3 is 10.1 Å². The van der Waals surface area contributed by atoms with Crippen LogP contribution < -0.4 is 10.1 Å². The molecule has 1 N–H and O–H groups in total. The van der Waals surface area contributed by atoms with Crippen LogP contribution in [-0.4, -0.2) is 13.2 Å². The monoisotopic (exact) mass is 247 g/mol. The van der Waals surface area contributed by atoms with Gasteiger partial charge in [-0.3, -0.25) is 0 Å². The standard InChI is InChI=1S/C16H25NO/c1-11(2)12(3)17-16(13-5-6-13)14-7-9-15(18-4)10-8-14/h7-13,16-17H,5-6H2,1-4H3. The zero-order valence-electron chi connectivity index (χ0n) is 11.9. The van der Waals surface area contributed by atoms with Gasteiger partial charge >= 0.3 is 0 Å². The Hall–Kier alpha value is -1.02. The number of hydrogen-bond donors (Lipinski definition) is 1. The lowest BCUT2D eigenvalue weighted by Gasteiger charge is -2.26. The Morgan fingerprint density at radius 2 is 1.72 bits per heavy atom. The molecule has 1 fully saturated rings. The second-order valence-electron chi connectivity index (χ2n) is 5.79. The maximum atomic E-state index is 5.22. The van der Waals surface area contributed by atoms with Crippen molar-refractivity contribution in [2.45, 2.75) is 45.7 Å². The highest BCUT2D eigenvalue weighted by Gasteiger charge is 2.33. The molecule has 2 unspecified atom stereocenters. The maximum Gasteiger partial charge on any atom is 0.118 e. The zero-order chi connectivity index (χ0) is 13.1. The summed E-state index contributed by atoms with van der Waals surface area (Å²) in [5.41, 5.74) is 1.39. The molecular formula is C16H25NO. The molecule has 1 aliphatic carbocycles. The van der Waals surface area contributed by atoms with Gasteiger partial charge in [0.15, 0.2) is 0 Å². The lowest BCUT2D eigenvalue weighted by Crippen LogP contribution is -2.35. The molecule has 0 heterocycles. The lowest BCUT2D eigenvalue weighted by molar-refractivity contribution is 0.354. The summed E-state index contributed by atoms with van der Waals surface area (Å²) in [6.45, 7) is 6.83. The average molecular weight is 247 g/mol. The van der Waals surface area contributed by atoms with Gasteiger partial charge in [0.2, 0.25) is 0 Å². The Balaban J connectivity index is 2.08. The largest absolute Gasteiger partial charge is 0.497 e. The fourth-order valence-electron chi connectivity index (χ4n) is 2.22. The van der Waals surface area contributed by atoms with Crippen molar-refractivity contribution in [3.05, 3.63) is 29.8 Å². The molecule has 1 aromatic carbocycles. The van der Waals surface area contributed by atoms with Gasteiger partial charge in [-0.2, -0.15) is 0 Å². The van der Waals surface area contributed by atoms with E-state index < -0.39 is 0 Å². The Morgan fingerprint density at radius 1 is 1.11 bits per heavy atom. The number of ether oxygens (including phenoxy) is 1. The fourth-order valence-corrected chi connectivity index (χ4v) is 2.22. The summed E-state index contributed by atoms with van der Waals surface area (Å²) in [6, 6.07) is 9.58. The van der Waals surface area contributed by atoms with Gasteiger partial charge in [0.1, 0.15) is 5.75 Å². The van der Waals surface area contributed by atoms with E-state index in [2.05, 4.69) is 50.4 Å². The highest BCUT2D eigenvalue weighted by molar-refractivity contribution is 5.30. The first kappa shape index (κ1) is 13.4. The van der Waals surface area contributed by atoms with E-state index in [0.29, 0.717) is 18.0 Å². The average Bonchev–Trinajstić information content (AvgIpc) is 3.20. The smallest absolute Gasteiger partial charge is 0.118 e. The number of methoxy groups -OCH3 is 1. The fraction of sp³-hybridized carbons (Fsp3) is 0.625. The third-order valence-corrected chi connectivity index (χ3v) is 4.01. The SMILES string of the molecule is COc1ccc(C(NC(C)C(C)C)C2CC2)cc1. The molecule has 0 saturated heterocycles. The summed E-state index contributed by atoms with van der Waals surface area (Å²) < 4.78 is 5.22. The molecule has 0 radical (unpaired) electrons. The van der Waals surface area contributed by atoms with E-state index in [1.807, 2.05) is 0 Å². The summed E-state index contributed by atoms with van der Waals surface area (Å²) in [4.78, 5) is 0. The van der Waals surface area contributed by atoms with Gasteiger partial charge in [0.25, 0.3) is 0 Å². The number of rotatable bonds is 6. The van der Waals surface area contributed by atoms with Gasteiger partial charge in [-0.05, 0) is 49.3 Å². The van der Waals surface area contributed by atoms with E-state index in [1.54, 1.807) is 7.11 Å². The Morgan fingerprint density at radius 3 is 2.17 bits per heavy atom. The minimum atomic E-state index is 0.508. The van der Waals surface area contributed by atoms with Crippen molar-refractivity contribution in [2.75, 3.05) is 7.11 Å². The molecule has 0 aromatic heterocycles. The van der Waals surface area contributed by atoms with E-state index >= 15 is 0 Å². The van der Waals surface area contributed by atoms with Crippen LogP contribution in [0.5, 0.6) is 5.75 Å². The molecule has 0 bridgehead atoms. The van der Waals surface area contributed by atoms with Crippen LogP contribution in [0.15, 0.2) is 24.3 Å². The Labute approximate surface area is 111 Å². The van der Waals surface area contributed by atoms with Gasteiger partial charge in [-0.15, -0.1) is 0 Å². The molecule has 1 saturated carbocycles. The van der Waals surface area contributed by atoms with E-state index in [1.165, 1.54) is 18.4 Å². The van der Waals surface area contributed by atoms with Gasteiger partial charge in [-0.25, -0.2) is 0 Å². The third kappa shape index (κ3) is 3.26. The number of benzene rings is 1. The highest BCUT2D eigenvalue weighted by Crippen LogP contribution is 2.41. The normalized spacial score (nSPS) is 18.7. The van der Waals surface area contributed by atoms with Crippen molar-refractivity contribution in [2.24, 2.45) is 11.8 Å². The number of nitrogens with one attached hydrogen (secondary N) is 1. The number of hydrogen-bond acceptors (Lipinski definition) is 2. The molecule has 1 aliphatic rings. The summed E-state index contributed by atoms with van der Waals surface area (Å²) >= 11 is 0. The minimum Gasteiger partial charge on any atom is -0.497 e. The first-order valence-electron chi connectivity index (χ1n) is 7.01. The van der Waals surface area contributed by atoms with Crippen LogP contribution in [0.4, 0.5) is 0 Å². The second kappa shape index (κ2) is 5.75. The minimum absolute atomic E-state index is 0.508. The van der Waals surface area contributed by atoms with E-state index in [0.717, 1.165) is 11.7 Å². The van der Waals surface area contributed by atoms with Crippen LogP contribution >= 0.6 is 0 Å². The molecular weight excluding hydrogens is 222 g/mol. The first-order chi connectivity index (χ1) is 8.61.